The van der Waals surface area contributed by atoms with Crippen molar-refractivity contribution in [2.45, 2.75) is 173 Å². The van der Waals surface area contributed by atoms with Gasteiger partial charge in [0.15, 0.2) is 22.9 Å². The lowest BCUT2D eigenvalue weighted by Crippen LogP contribution is -2.55. The first-order chi connectivity index (χ1) is 34.5. The maximum atomic E-state index is 14.4. The fourth-order valence-corrected chi connectivity index (χ4v) is 11.1. The summed E-state index contributed by atoms with van der Waals surface area (Å²) in [6.07, 6.45) is 1.83. The van der Waals surface area contributed by atoms with Crippen LogP contribution in [0.5, 0.6) is 0 Å². The molecule has 0 radical (unpaired) electrons. The van der Waals surface area contributed by atoms with Gasteiger partial charge in [-0.25, -0.2) is 40.1 Å². The molecule has 428 valence electrons. The van der Waals surface area contributed by atoms with Crippen LogP contribution in [-0.2, 0) is 60.3 Å². The van der Waals surface area contributed by atoms with Crippen LogP contribution in [0.3, 0.4) is 0 Å². The van der Waals surface area contributed by atoms with Crippen LogP contribution in [0.2, 0.25) is 0 Å². The van der Waals surface area contributed by atoms with E-state index in [9.17, 15) is 36.7 Å². The Morgan fingerprint density at radius 3 is 1.41 bits per heavy atom. The molecule has 0 aromatic carbocycles. The van der Waals surface area contributed by atoms with Gasteiger partial charge in [-0.2, -0.15) is 13.2 Å². The maximum Gasteiger partial charge on any atom is 0.392 e. The molecule has 3 saturated carbocycles. The van der Waals surface area contributed by atoms with Crippen molar-refractivity contribution in [1.29, 1.82) is 0 Å². The second-order valence-corrected chi connectivity index (χ2v) is 25.9. The fourth-order valence-electron chi connectivity index (χ4n) is 7.93. The maximum absolute atomic E-state index is 14.4. The highest BCUT2D eigenvalue weighted by Crippen LogP contribution is 2.45. The second-order valence-electron chi connectivity index (χ2n) is 21.2. The Labute approximate surface area is 443 Å². The molecule has 4 heterocycles. The van der Waals surface area contributed by atoms with Crippen LogP contribution in [0.1, 0.15) is 108 Å². The van der Waals surface area contributed by atoms with Gasteiger partial charge in [0.25, 0.3) is 0 Å². The number of hydrogen-bond acceptors (Lipinski definition) is 19. The van der Waals surface area contributed by atoms with Crippen LogP contribution in [0, 0.1) is 17.8 Å². The van der Waals surface area contributed by atoms with E-state index in [2.05, 4.69) is 53.9 Å². The monoisotopic (exact) mass is 1140 g/mol. The first-order valence-corrected chi connectivity index (χ1v) is 28.3. The van der Waals surface area contributed by atoms with E-state index in [1.165, 1.54) is 32.8 Å². The Hall–Kier alpha value is -4.63. The van der Waals surface area contributed by atoms with Crippen LogP contribution in [-0.4, -0.2) is 132 Å². The number of carbonyl (C=O) groups is 3. The van der Waals surface area contributed by atoms with Gasteiger partial charge >= 0.3 is 31.7 Å². The van der Waals surface area contributed by atoms with Gasteiger partial charge in [0.1, 0.15) is 70.6 Å². The minimum atomic E-state index is -4.18. The molecular weight excluding hydrogens is 1070 g/mol. The Bertz CT molecular complexity index is 2650. The number of ether oxygens (including phenoxy) is 5. The van der Waals surface area contributed by atoms with E-state index in [4.69, 9.17) is 56.5 Å². The topological polar surface area (TPSA) is 370 Å². The van der Waals surface area contributed by atoms with E-state index in [1.807, 2.05) is 6.92 Å². The number of nitrogen functional groups attached to an aromatic ring is 2. The van der Waals surface area contributed by atoms with Gasteiger partial charge < -0.3 is 60.2 Å². The lowest BCUT2D eigenvalue weighted by atomic mass is 9.82. The first-order valence-electron chi connectivity index (χ1n) is 24.2. The largest absolute Gasteiger partial charge is 0.461 e. The molecule has 2 atom stereocenters. The number of rotatable bonds is 20. The zero-order chi connectivity index (χ0) is 56.1. The summed E-state index contributed by atoms with van der Waals surface area (Å²) in [4.78, 5) is 78.1. The third-order valence-electron chi connectivity index (χ3n) is 12.3. The summed E-state index contributed by atoms with van der Waals surface area (Å²) in [7, 11) is -7.91. The minimum absolute atomic E-state index is 0. The zero-order valence-corrected chi connectivity index (χ0v) is 46.9. The third-order valence-corrected chi connectivity index (χ3v) is 15.3. The summed E-state index contributed by atoms with van der Waals surface area (Å²) in [6.45, 7) is 17.7. The molecule has 0 amide bonds. The average molecular weight is 1140 g/mol. The van der Waals surface area contributed by atoms with Gasteiger partial charge in [-0.05, 0) is 106 Å². The van der Waals surface area contributed by atoms with Gasteiger partial charge in [0.2, 0.25) is 7.44 Å². The molecule has 3 aliphatic carbocycles. The number of esters is 3. The lowest BCUT2D eigenvalue weighted by Gasteiger charge is -2.39. The fraction of sp³-hybridized carbons (Fsp3) is 0.711. The van der Waals surface area contributed by atoms with Gasteiger partial charge in [0.05, 0.1) is 43.9 Å². The molecule has 3 aliphatic rings. The Morgan fingerprint density at radius 1 is 0.684 bits per heavy atom. The number of carbonyl (C=O) groups excluding carboxylic acids is 3. The quantitative estimate of drug-likeness (QED) is 0.0218. The molecule has 0 saturated heterocycles. The summed E-state index contributed by atoms with van der Waals surface area (Å²) in [6, 6.07) is 0. The smallest absolute Gasteiger partial charge is 0.392 e. The van der Waals surface area contributed by atoms with Crippen molar-refractivity contribution in [3.05, 3.63) is 25.3 Å². The molecule has 0 bridgehead atoms. The molecule has 31 heteroatoms. The van der Waals surface area contributed by atoms with E-state index in [-0.39, 0.29) is 49.2 Å². The summed E-state index contributed by atoms with van der Waals surface area (Å²) in [5.41, 5.74) is 11.0. The van der Waals surface area contributed by atoms with E-state index in [1.54, 1.807) is 50.1 Å². The van der Waals surface area contributed by atoms with Crippen LogP contribution >= 0.6 is 26.6 Å². The van der Waals surface area contributed by atoms with E-state index < -0.39 is 85.7 Å². The summed E-state index contributed by atoms with van der Waals surface area (Å²) < 4.78 is 92.1. The highest BCUT2D eigenvalue weighted by molar-refractivity contribution is 7.59. The Morgan fingerprint density at radius 2 is 1.05 bits per heavy atom. The number of nitrogens with two attached hydrogens (primary N) is 2. The van der Waals surface area contributed by atoms with Crippen LogP contribution in [0.4, 0.5) is 24.8 Å². The van der Waals surface area contributed by atoms with Gasteiger partial charge in [-0.15, -0.1) is 11.6 Å². The number of halogens is 4. The molecular formula is C45H73ClF3N13O12P2. The molecule has 0 spiro atoms. The molecule has 0 aliphatic heterocycles. The number of alkyl halides is 4. The molecule has 4 aromatic rings. The van der Waals surface area contributed by atoms with Gasteiger partial charge in [-0.1, -0.05) is 13.8 Å². The Balaban J connectivity index is 0.000000293. The van der Waals surface area contributed by atoms with Crippen molar-refractivity contribution in [3.8, 4) is 0 Å². The van der Waals surface area contributed by atoms with Crippen molar-refractivity contribution >= 4 is 78.5 Å². The van der Waals surface area contributed by atoms with Gasteiger partial charge in [-0.3, -0.25) is 23.5 Å². The zero-order valence-electron chi connectivity index (χ0n) is 44.3. The molecule has 76 heavy (non-hydrogen) atoms. The SMILES string of the molecule is CC(C)(Cl)C(=O)OC1CC(C(F)(F)F)C1.CC1CC(OC(=O)C(C)(C)NP(=O)(CO[C@H](C)Cn2cnc3c(N)ncnc32)NC(C)(C)C(=O)OC2CC(C)C2)C1.C[C@H](Cn1cnc2c(N)ncnc21)OCP(=O)(O)O.N. The summed E-state index contributed by atoms with van der Waals surface area (Å²) in [5.74, 6) is -1.47. The van der Waals surface area contributed by atoms with Crippen LogP contribution in [0.25, 0.3) is 22.3 Å². The second kappa shape index (κ2) is 25.4. The van der Waals surface area contributed by atoms with Crippen molar-refractivity contribution in [3.63, 3.8) is 0 Å². The van der Waals surface area contributed by atoms with E-state index in [0.717, 1.165) is 25.7 Å². The number of imidazole rings is 2. The third kappa shape index (κ3) is 18.2. The number of hydrogen-bond donors (Lipinski definition) is 7. The molecule has 25 nitrogen and oxygen atoms in total. The normalized spacial score (nSPS) is 22.3. The first kappa shape index (κ1) is 63.9. The summed E-state index contributed by atoms with van der Waals surface area (Å²) in [5, 5.41) is 5.93. The number of fused-ring (bicyclic) bond motifs is 2. The number of nitrogens with one attached hydrogen (secondary N) is 2. The van der Waals surface area contributed by atoms with Crippen molar-refractivity contribution in [2.75, 3.05) is 24.2 Å². The van der Waals surface area contributed by atoms with Crippen molar-refractivity contribution < 1.29 is 70.2 Å². The number of aromatic nitrogens is 8. The highest BCUT2D eigenvalue weighted by Gasteiger charge is 2.50. The van der Waals surface area contributed by atoms with Gasteiger partial charge in [0, 0.05) is 0 Å². The predicted octanol–water partition coefficient (Wildman–Crippen LogP) is 6.38. The average Bonchev–Trinajstić information content (AvgIpc) is 3.86. The minimum Gasteiger partial charge on any atom is -0.461 e. The molecule has 7 rings (SSSR count). The predicted molar refractivity (Wildman–Crippen MR) is 275 cm³/mol. The van der Waals surface area contributed by atoms with Crippen molar-refractivity contribution in [1.82, 2.24) is 55.4 Å². The summed E-state index contributed by atoms with van der Waals surface area (Å²) >= 11 is 5.64. The molecule has 0 unspecified atom stereocenters. The van der Waals surface area contributed by atoms with Crippen LogP contribution in [0.15, 0.2) is 25.3 Å². The van der Waals surface area contributed by atoms with Crippen molar-refractivity contribution in [2.24, 2.45) is 17.8 Å². The number of anilines is 2. The molecule has 11 N–H and O–H groups in total. The molecule has 3 fully saturated rings. The van der Waals surface area contributed by atoms with Crippen LogP contribution < -0.4 is 27.8 Å². The Kier molecular flexibility index (Phi) is 21.4. The van der Waals surface area contributed by atoms with E-state index in [0.29, 0.717) is 47.3 Å². The lowest BCUT2D eigenvalue weighted by molar-refractivity contribution is -0.221. The van der Waals surface area contributed by atoms with E-state index >= 15 is 0 Å². The highest BCUT2D eigenvalue weighted by atomic mass is 35.5. The molecule has 4 aromatic heterocycles. The number of nitrogens with zero attached hydrogens (tertiary/aromatic N) is 8. The standard InChI is InChI=1S/C27H44N7O6P.C9H12ClF3O2.C9H14N5O4P.H3N/c1-16-8-19(9-16)39-24(35)26(4,5)32-41(37,33-27(6,7)25(36)40-20-10-17(2)11-20)15-38-18(3)12-34-14-31-21-22(28)29-13-30-23(21)34;1-8(2,10)7(14)15-6-3-5(4-6)9(11,12)13;1-6(18-5-19(15,16)17)2-14-4-13-7-8(10)11-3-12-9(7)14;/h13-14,16-20H,8-12,15H2,1-7H3,(H2,28,29,30)(H2,32,33,37);5-6H,3-4H2,1-2H3;3-4,6H,2,5H2,1H3,(H2,10,11,12)(H2,15,16,17);1H3/t16?,17?,18-,19?,20?,41?;;6-;/m1.1./s1.